The largest absolute Gasteiger partial charge is 0.457 e. The molecule has 0 spiro atoms. The van der Waals surface area contributed by atoms with Crippen LogP contribution in [-0.4, -0.2) is 24.6 Å². The maximum atomic E-state index is 11.6. The van der Waals surface area contributed by atoms with E-state index in [-0.39, 0.29) is 6.10 Å². The summed E-state index contributed by atoms with van der Waals surface area (Å²) < 4.78 is 10.1. The van der Waals surface area contributed by atoms with Crippen molar-refractivity contribution in [2.24, 2.45) is 0 Å². The van der Waals surface area contributed by atoms with E-state index in [0.29, 0.717) is 6.61 Å². The zero-order chi connectivity index (χ0) is 16.0. The smallest absolute Gasteiger partial charge is 0.417 e. The molecule has 128 valence electrons. The van der Waals surface area contributed by atoms with E-state index >= 15 is 0 Å². The number of carbonyl (C=O) groups is 2. The van der Waals surface area contributed by atoms with Crippen LogP contribution in [0.5, 0.6) is 0 Å². The predicted octanol–water partition coefficient (Wildman–Crippen LogP) is 4.55. The normalized spacial score (nSPS) is 15.5. The van der Waals surface area contributed by atoms with Crippen LogP contribution in [-0.2, 0) is 19.1 Å². The minimum Gasteiger partial charge on any atom is -0.457 e. The van der Waals surface area contributed by atoms with E-state index in [1.165, 1.54) is 44.9 Å². The first-order valence-electron chi connectivity index (χ1n) is 9.11. The summed E-state index contributed by atoms with van der Waals surface area (Å²) in [4.78, 5) is 23.1. The van der Waals surface area contributed by atoms with Crippen molar-refractivity contribution in [1.82, 2.24) is 0 Å². The molecule has 0 unspecified atom stereocenters. The van der Waals surface area contributed by atoms with Gasteiger partial charge >= 0.3 is 11.9 Å². The van der Waals surface area contributed by atoms with Gasteiger partial charge in [-0.15, -0.1) is 0 Å². The van der Waals surface area contributed by atoms with Gasteiger partial charge in [-0.1, -0.05) is 58.3 Å². The molecular formula is C18H32O4. The van der Waals surface area contributed by atoms with Crippen molar-refractivity contribution in [3.05, 3.63) is 0 Å². The van der Waals surface area contributed by atoms with Gasteiger partial charge in [0.25, 0.3) is 0 Å². The van der Waals surface area contributed by atoms with Crippen molar-refractivity contribution in [3.8, 4) is 0 Å². The Balaban J connectivity index is 1.94. The Kier molecular flexibility index (Phi) is 10.8. The Morgan fingerprint density at radius 1 is 0.818 bits per heavy atom. The Labute approximate surface area is 134 Å². The molecule has 0 aromatic carbocycles. The van der Waals surface area contributed by atoms with Gasteiger partial charge in [-0.05, 0) is 32.1 Å². The molecule has 0 radical (unpaired) electrons. The first-order chi connectivity index (χ1) is 10.7. The van der Waals surface area contributed by atoms with E-state index in [9.17, 15) is 9.59 Å². The van der Waals surface area contributed by atoms with Crippen LogP contribution in [0.25, 0.3) is 0 Å². The van der Waals surface area contributed by atoms with E-state index < -0.39 is 11.9 Å². The molecule has 0 saturated heterocycles. The first-order valence-corrected chi connectivity index (χ1v) is 9.11. The summed E-state index contributed by atoms with van der Waals surface area (Å²) in [5.74, 6) is -1.64. The second-order valence-corrected chi connectivity index (χ2v) is 6.28. The number of unbranched alkanes of at least 4 members (excludes halogenated alkanes) is 7. The van der Waals surface area contributed by atoms with Crippen molar-refractivity contribution in [2.75, 3.05) is 6.61 Å². The third-order valence-corrected chi connectivity index (χ3v) is 4.22. The Morgan fingerprint density at radius 2 is 1.41 bits per heavy atom. The fourth-order valence-electron chi connectivity index (χ4n) is 2.84. The fourth-order valence-corrected chi connectivity index (χ4v) is 2.84. The maximum Gasteiger partial charge on any atom is 0.417 e. The molecule has 0 aromatic rings. The average Bonchev–Trinajstić information content (AvgIpc) is 2.54. The predicted molar refractivity (Wildman–Crippen MR) is 86.5 cm³/mol. The molecular weight excluding hydrogens is 280 g/mol. The minimum atomic E-state index is -0.825. The topological polar surface area (TPSA) is 52.6 Å². The number of hydrogen-bond donors (Lipinski definition) is 0. The van der Waals surface area contributed by atoms with Crippen LogP contribution in [0.15, 0.2) is 0 Å². The fraction of sp³-hybridized carbons (Fsp3) is 0.889. The van der Waals surface area contributed by atoms with Crippen molar-refractivity contribution in [1.29, 1.82) is 0 Å². The van der Waals surface area contributed by atoms with Gasteiger partial charge in [0.15, 0.2) is 0 Å². The molecule has 1 aliphatic carbocycles. The van der Waals surface area contributed by atoms with Crippen LogP contribution in [0, 0.1) is 0 Å². The SMILES string of the molecule is CCCCCCCCCCOC(=O)C(=O)OC1CCCCC1. The second kappa shape index (κ2) is 12.5. The molecule has 22 heavy (non-hydrogen) atoms. The van der Waals surface area contributed by atoms with Gasteiger partial charge in [-0.25, -0.2) is 9.59 Å². The maximum absolute atomic E-state index is 11.6. The van der Waals surface area contributed by atoms with Gasteiger partial charge in [-0.2, -0.15) is 0 Å². The molecule has 0 atom stereocenters. The Hall–Kier alpha value is -1.06. The van der Waals surface area contributed by atoms with Crippen LogP contribution in [0.2, 0.25) is 0 Å². The number of ether oxygens (including phenoxy) is 2. The first kappa shape index (κ1) is 19.0. The van der Waals surface area contributed by atoms with Crippen LogP contribution in [0.1, 0.15) is 90.4 Å². The zero-order valence-corrected chi connectivity index (χ0v) is 14.1. The number of esters is 2. The van der Waals surface area contributed by atoms with Gasteiger partial charge in [0.2, 0.25) is 0 Å². The summed E-state index contributed by atoms with van der Waals surface area (Å²) in [6.07, 6.45) is 14.5. The molecule has 4 heteroatoms. The number of carbonyl (C=O) groups excluding carboxylic acids is 2. The van der Waals surface area contributed by atoms with E-state index in [2.05, 4.69) is 6.92 Å². The summed E-state index contributed by atoms with van der Waals surface area (Å²) in [7, 11) is 0. The lowest BCUT2D eigenvalue weighted by Gasteiger charge is -2.21. The number of hydrogen-bond acceptors (Lipinski definition) is 4. The van der Waals surface area contributed by atoms with Crippen molar-refractivity contribution in [3.63, 3.8) is 0 Å². The monoisotopic (exact) mass is 312 g/mol. The highest BCUT2D eigenvalue weighted by Gasteiger charge is 2.23. The lowest BCUT2D eigenvalue weighted by Crippen LogP contribution is -2.27. The second-order valence-electron chi connectivity index (χ2n) is 6.28. The zero-order valence-electron chi connectivity index (χ0n) is 14.1. The minimum absolute atomic E-state index is 0.0862. The third-order valence-electron chi connectivity index (χ3n) is 4.22. The van der Waals surface area contributed by atoms with E-state index in [0.717, 1.165) is 38.5 Å². The molecule has 0 aromatic heterocycles. The van der Waals surface area contributed by atoms with Gasteiger partial charge in [0, 0.05) is 0 Å². The molecule has 0 amide bonds. The summed E-state index contributed by atoms with van der Waals surface area (Å²) in [6, 6.07) is 0. The highest BCUT2D eigenvalue weighted by Crippen LogP contribution is 2.20. The molecule has 4 nitrogen and oxygen atoms in total. The van der Waals surface area contributed by atoms with Gasteiger partial charge in [-0.3, -0.25) is 0 Å². The molecule has 1 aliphatic rings. The van der Waals surface area contributed by atoms with Gasteiger partial charge in [0.05, 0.1) is 6.61 Å². The molecule has 1 rings (SSSR count). The number of rotatable bonds is 10. The Bertz CT molecular complexity index is 308. The molecule has 1 saturated carbocycles. The lowest BCUT2D eigenvalue weighted by atomic mass is 9.98. The molecule has 0 bridgehead atoms. The standard InChI is InChI=1S/C18H32O4/c1-2-3-4-5-6-7-8-12-15-21-17(19)18(20)22-16-13-10-9-11-14-16/h16H,2-15H2,1H3. The Morgan fingerprint density at radius 3 is 2.05 bits per heavy atom. The summed E-state index contributed by atoms with van der Waals surface area (Å²) >= 11 is 0. The summed E-state index contributed by atoms with van der Waals surface area (Å²) in [5, 5.41) is 0. The van der Waals surface area contributed by atoms with Crippen molar-refractivity contribution < 1.29 is 19.1 Å². The lowest BCUT2D eigenvalue weighted by molar-refractivity contribution is -0.171. The third kappa shape index (κ3) is 9.06. The van der Waals surface area contributed by atoms with E-state index in [1.54, 1.807) is 0 Å². The van der Waals surface area contributed by atoms with Crippen LogP contribution < -0.4 is 0 Å². The van der Waals surface area contributed by atoms with Crippen molar-refractivity contribution >= 4 is 11.9 Å². The average molecular weight is 312 g/mol. The highest BCUT2D eigenvalue weighted by molar-refractivity contribution is 6.29. The van der Waals surface area contributed by atoms with Crippen LogP contribution in [0.3, 0.4) is 0 Å². The molecule has 0 N–H and O–H groups in total. The molecule has 1 fully saturated rings. The summed E-state index contributed by atoms with van der Waals surface area (Å²) in [6.45, 7) is 2.54. The quantitative estimate of drug-likeness (QED) is 0.337. The molecule has 0 aliphatic heterocycles. The van der Waals surface area contributed by atoms with E-state index in [1.807, 2.05) is 0 Å². The van der Waals surface area contributed by atoms with Crippen LogP contribution >= 0.6 is 0 Å². The van der Waals surface area contributed by atoms with Gasteiger partial charge in [0.1, 0.15) is 6.10 Å². The van der Waals surface area contributed by atoms with Crippen molar-refractivity contribution in [2.45, 2.75) is 96.5 Å². The van der Waals surface area contributed by atoms with Gasteiger partial charge < -0.3 is 9.47 Å². The van der Waals surface area contributed by atoms with E-state index in [4.69, 9.17) is 9.47 Å². The van der Waals surface area contributed by atoms with Crippen LogP contribution in [0.4, 0.5) is 0 Å². The summed E-state index contributed by atoms with van der Waals surface area (Å²) in [5.41, 5.74) is 0. The molecule has 0 heterocycles. The highest BCUT2D eigenvalue weighted by atomic mass is 16.6.